The van der Waals surface area contributed by atoms with Crippen LogP contribution in [-0.4, -0.2) is 42.1 Å². The normalized spacial score (nSPS) is 11.7. The van der Waals surface area contributed by atoms with Crippen molar-refractivity contribution in [2.45, 2.75) is 6.04 Å². The summed E-state index contributed by atoms with van der Waals surface area (Å²) in [5.74, 6) is -0.942. The molecule has 1 rings (SSSR count). The molecule has 0 radical (unpaired) electrons. The Labute approximate surface area is 156 Å². The van der Waals surface area contributed by atoms with Crippen molar-refractivity contribution in [3.63, 3.8) is 0 Å². The minimum atomic E-state index is -0.885. The van der Waals surface area contributed by atoms with E-state index in [0.717, 1.165) is 11.3 Å². The van der Waals surface area contributed by atoms with Gasteiger partial charge in [0.15, 0.2) is 0 Å². The van der Waals surface area contributed by atoms with Crippen LogP contribution in [0.1, 0.15) is 9.67 Å². The second kappa shape index (κ2) is 9.14. The SMILES string of the molecule is CNC(=S)SC[C@H](NC(=O)c1sc(Cl)c(Cl)c1Cl)C(=O)OC. The van der Waals surface area contributed by atoms with Crippen LogP contribution in [-0.2, 0) is 9.53 Å². The average molecular weight is 422 g/mol. The van der Waals surface area contributed by atoms with Gasteiger partial charge in [0.2, 0.25) is 0 Å². The lowest BCUT2D eigenvalue weighted by molar-refractivity contribution is -0.142. The lowest BCUT2D eigenvalue weighted by Crippen LogP contribution is -2.43. The summed E-state index contributed by atoms with van der Waals surface area (Å²) in [6.07, 6.45) is 0. The predicted octanol–water partition coefficient (Wildman–Crippen LogP) is 3.22. The third-order valence-electron chi connectivity index (χ3n) is 2.34. The third kappa shape index (κ3) is 5.14. The van der Waals surface area contributed by atoms with Gasteiger partial charge < -0.3 is 15.4 Å². The lowest BCUT2D eigenvalue weighted by Gasteiger charge is -2.16. The number of halogens is 3. The van der Waals surface area contributed by atoms with Crippen LogP contribution in [0.15, 0.2) is 0 Å². The van der Waals surface area contributed by atoms with Crippen molar-refractivity contribution in [1.82, 2.24) is 10.6 Å². The van der Waals surface area contributed by atoms with Crippen molar-refractivity contribution in [2.24, 2.45) is 0 Å². The fraction of sp³-hybridized carbons (Fsp3) is 0.364. The highest BCUT2D eigenvalue weighted by atomic mass is 35.5. The van der Waals surface area contributed by atoms with E-state index in [9.17, 15) is 9.59 Å². The minimum Gasteiger partial charge on any atom is -0.467 e. The van der Waals surface area contributed by atoms with E-state index in [0.29, 0.717) is 4.32 Å². The van der Waals surface area contributed by atoms with Gasteiger partial charge in [-0.25, -0.2) is 4.79 Å². The first-order chi connectivity index (χ1) is 10.3. The smallest absolute Gasteiger partial charge is 0.329 e. The number of thioether (sulfide) groups is 1. The zero-order chi connectivity index (χ0) is 16.9. The molecule has 0 unspecified atom stereocenters. The van der Waals surface area contributed by atoms with Crippen molar-refractivity contribution in [1.29, 1.82) is 0 Å². The summed E-state index contributed by atoms with van der Waals surface area (Å²) >= 11 is 24.7. The number of nitrogens with one attached hydrogen (secondary N) is 2. The van der Waals surface area contributed by atoms with Crippen LogP contribution in [0.5, 0.6) is 0 Å². The highest BCUT2D eigenvalue weighted by Crippen LogP contribution is 2.40. The van der Waals surface area contributed by atoms with Crippen LogP contribution in [0.4, 0.5) is 0 Å². The molecular weight excluding hydrogens is 411 g/mol. The zero-order valence-corrected chi connectivity index (χ0v) is 16.1. The molecule has 0 fully saturated rings. The van der Waals surface area contributed by atoms with Crippen LogP contribution in [0.3, 0.4) is 0 Å². The van der Waals surface area contributed by atoms with E-state index in [1.54, 1.807) is 7.05 Å². The fourth-order valence-corrected chi connectivity index (χ4v) is 3.87. The van der Waals surface area contributed by atoms with E-state index in [2.05, 4.69) is 15.4 Å². The number of hydrogen-bond donors (Lipinski definition) is 2. The summed E-state index contributed by atoms with van der Waals surface area (Å²) in [6.45, 7) is 0. The number of carbonyl (C=O) groups excluding carboxylic acids is 2. The molecule has 0 spiro atoms. The summed E-state index contributed by atoms with van der Waals surface area (Å²) < 4.78 is 5.36. The first-order valence-electron chi connectivity index (χ1n) is 5.68. The molecule has 0 aromatic carbocycles. The largest absolute Gasteiger partial charge is 0.467 e. The lowest BCUT2D eigenvalue weighted by atomic mass is 10.3. The molecule has 1 aromatic heterocycles. The van der Waals surface area contributed by atoms with E-state index >= 15 is 0 Å². The quantitative estimate of drug-likeness (QED) is 0.562. The Balaban J connectivity index is 2.84. The highest BCUT2D eigenvalue weighted by molar-refractivity contribution is 8.23. The van der Waals surface area contributed by atoms with Gasteiger partial charge in [0.25, 0.3) is 5.91 Å². The Hall–Kier alpha value is -0.250. The van der Waals surface area contributed by atoms with Gasteiger partial charge in [0.05, 0.1) is 17.2 Å². The van der Waals surface area contributed by atoms with Crippen LogP contribution in [0.2, 0.25) is 14.4 Å². The molecule has 0 bridgehead atoms. The molecule has 0 saturated heterocycles. The summed E-state index contributed by atoms with van der Waals surface area (Å²) in [5.41, 5.74) is 0. The van der Waals surface area contributed by atoms with Crippen molar-refractivity contribution < 1.29 is 14.3 Å². The molecule has 0 aliphatic heterocycles. The van der Waals surface area contributed by atoms with Gasteiger partial charge in [-0.1, -0.05) is 58.8 Å². The fourth-order valence-electron chi connectivity index (χ4n) is 1.28. The molecule has 1 atom stereocenters. The molecule has 2 N–H and O–H groups in total. The number of esters is 1. The van der Waals surface area contributed by atoms with E-state index < -0.39 is 17.9 Å². The second-order valence-electron chi connectivity index (χ2n) is 3.73. The van der Waals surface area contributed by atoms with Crippen LogP contribution < -0.4 is 10.6 Å². The first kappa shape index (κ1) is 19.8. The van der Waals surface area contributed by atoms with Crippen molar-refractivity contribution >= 4 is 86.3 Å². The van der Waals surface area contributed by atoms with E-state index in [1.807, 2.05) is 0 Å². The second-order valence-corrected chi connectivity index (χ2v) is 7.81. The molecule has 122 valence electrons. The standard InChI is InChI=1S/C11H11Cl3N2O3S3/c1-15-11(20)21-3-4(10(18)19-2)16-9(17)7-5(12)6(13)8(14)22-7/h4H,3H2,1-2H3,(H,15,20)(H,16,17)/t4-/m0/s1. The number of rotatable bonds is 5. The molecule has 1 amide bonds. The van der Waals surface area contributed by atoms with E-state index in [4.69, 9.17) is 47.0 Å². The number of thiophene rings is 1. The topological polar surface area (TPSA) is 67.4 Å². The van der Waals surface area contributed by atoms with Crippen molar-refractivity contribution in [3.05, 3.63) is 19.3 Å². The molecule has 5 nitrogen and oxygen atoms in total. The Kier molecular flexibility index (Phi) is 8.23. The molecule has 1 aromatic rings. The Morgan fingerprint density at radius 2 is 2.00 bits per heavy atom. The summed E-state index contributed by atoms with van der Waals surface area (Å²) in [6, 6.07) is -0.885. The number of ether oxygens (including phenoxy) is 1. The van der Waals surface area contributed by atoms with Gasteiger partial charge in [-0.2, -0.15) is 0 Å². The monoisotopic (exact) mass is 420 g/mol. The number of carbonyl (C=O) groups is 2. The Morgan fingerprint density at radius 1 is 1.36 bits per heavy atom. The molecular formula is C11H11Cl3N2O3S3. The molecule has 0 saturated carbocycles. The zero-order valence-electron chi connectivity index (χ0n) is 11.4. The molecule has 0 aliphatic carbocycles. The summed E-state index contributed by atoms with van der Waals surface area (Å²) in [7, 11) is 2.89. The average Bonchev–Trinajstić information content (AvgIpc) is 2.77. The van der Waals surface area contributed by atoms with Gasteiger partial charge >= 0.3 is 5.97 Å². The van der Waals surface area contributed by atoms with E-state index in [-0.39, 0.29) is 25.0 Å². The Morgan fingerprint density at radius 3 is 2.45 bits per heavy atom. The van der Waals surface area contributed by atoms with Crippen LogP contribution >= 0.6 is 70.1 Å². The van der Waals surface area contributed by atoms with E-state index in [1.165, 1.54) is 18.9 Å². The molecule has 0 aliphatic rings. The van der Waals surface area contributed by atoms with Gasteiger partial charge in [-0.3, -0.25) is 4.79 Å². The minimum absolute atomic E-state index is 0.0520. The number of hydrogen-bond acceptors (Lipinski definition) is 6. The van der Waals surface area contributed by atoms with Crippen LogP contribution in [0, 0.1) is 0 Å². The Bertz CT molecular complexity index is 595. The first-order valence-corrected chi connectivity index (χ1v) is 9.02. The maximum Gasteiger partial charge on any atom is 0.329 e. The molecule has 22 heavy (non-hydrogen) atoms. The van der Waals surface area contributed by atoms with Gasteiger partial charge in [0.1, 0.15) is 19.6 Å². The van der Waals surface area contributed by atoms with Gasteiger partial charge in [-0.05, 0) is 0 Å². The van der Waals surface area contributed by atoms with Gasteiger partial charge in [-0.15, -0.1) is 11.3 Å². The number of thiocarbonyl (C=S) groups is 1. The van der Waals surface area contributed by atoms with Crippen molar-refractivity contribution in [2.75, 3.05) is 19.9 Å². The summed E-state index contributed by atoms with van der Waals surface area (Å²) in [5, 5.41) is 5.45. The highest BCUT2D eigenvalue weighted by Gasteiger charge is 2.26. The van der Waals surface area contributed by atoms with Crippen molar-refractivity contribution in [3.8, 4) is 0 Å². The molecule has 11 heteroatoms. The van der Waals surface area contributed by atoms with Gasteiger partial charge in [0, 0.05) is 12.8 Å². The molecule has 1 heterocycles. The number of methoxy groups -OCH3 is 1. The predicted molar refractivity (Wildman–Crippen MR) is 96.7 cm³/mol. The maximum absolute atomic E-state index is 12.2. The third-order valence-corrected chi connectivity index (χ3v) is 6.43. The maximum atomic E-state index is 12.2. The van der Waals surface area contributed by atoms with Crippen LogP contribution in [0.25, 0.3) is 0 Å². The number of amides is 1. The summed E-state index contributed by atoms with van der Waals surface area (Å²) in [4.78, 5) is 24.1.